The second-order valence-electron chi connectivity index (χ2n) is 12.6. The van der Waals surface area contributed by atoms with E-state index in [-0.39, 0.29) is 11.6 Å². The van der Waals surface area contributed by atoms with Crippen LogP contribution in [0.5, 0.6) is 0 Å². The first-order valence-electron chi connectivity index (χ1n) is 16.7. The Morgan fingerprint density at radius 2 is 1.08 bits per heavy atom. The highest BCUT2D eigenvalue weighted by atomic mass is 32.2. The van der Waals surface area contributed by atoms with Gasteiger partial charge in [0.05, 0.1) is 11.4 Å². The van der Waals surface area contributed by atoms with Gasteiger partial charge in [-0.05, 0) is 61.1 Å². The molecule has 9 rings (SSSR count). The van der Waals surface area contributed by atoms with Crippen molar-refractivity contribution in [1.82, 2.24) is 39.5 Å². The molecular weight excluding hydrogens is 669 g/mol. The number of Topliss-reactive ketones (excluding diaryl/α,β-unsaturated/α-hetero) is 2. The van der Waals surface area contributed by atoms with E-state index in [9.17, 15) is 9.59 Å². The highest BCUT2D eigenvalue weighted by molar-refractivity contribution is 7.98. The molecule has 5 aromatic rings. The summed E-state index contributed by atoms with van der Waals surface area (Å²) < 4.78 is 3.68. The number of benzene rings is 1. The van der Waals surface area contributed by atoms with Crippen molar-refractivity contribution in [2.24, 2.45) is 0 Å². The normalized spacial score (nSPS) is 19.7. The van der Waals surface area contributed by atoms with Crippen LogP contribution in [0.4, 0.5) is 11.9 Å². The van der Waals surface area contributed by atoms with E-state index in [1.54, 1.807) is 12.4 Å². The van der Waals surface area contributed by atoms with Gasteiger partial charge in [-0.3, -0.25) is 19.6 Å². The molecule has 0 fully saturated rings. The number of fused-ring (bicyclic) bond motifs is 2. The summed E-state index contributed by atoms with van der Waals surface area (Å²) in [5.74, 6) is 2.77. The monoisotopic (exact) mass is 700 g/mol. The van der Waals surface area contributed by atoms with Crippen molar-refractivity contribution in [1.29, 1.82) is 0 Å². The van der Waals surface area contributed by atoms with Gasteiger partial charge in [0.2, 0.25) is 22.2 Å². The average Bonchev–Trinajstić information content (AvgIpc) is 3.76. The third-order valence-corrected chi connectivity index (χ3v) is 11.2. The average molecular weight is 701 g/mol. The molecule has 14 heteroatoms. The summed E-state index contributed by atoms with van der Waals surface area (Å²) in [7, 11) is 0. The summed E-state index contributed by atoms with van der Waals surface area (Å²) in [6, 6.07) is 19.1. The third-order valence-electron chi connectivity index (χ3n) is 9.42. The van der Waals surface area contributed by atoms with Gasteiger partial charge < -0.3 is 10.6 Å². The van der Waals surface area contributed by atoms with Crippen LogP contribution in [0, 0.1) is 0 Å². The van der Waals surface area contributed by atoms with Crippen molar-refractivity contribution in [2.45, 2.75) is 72.4 Å². The topological polar surface area (TPSA) is 145 Å². The van der Waals surface area contributed by atoms with E-state index in [0.717, 1.165) is 70.7 Å². The van der Waals surface area contributed by atoms with Gasteiger partial charge in [0.15, 0.2) is 11.6 Å². The second kappa shape index (κ2) is 13.0. The van der Waals surface area contributed by atoms with Crippen LogP contribution < -0.4 is 10.6 Å². The van der Waals surface area contributed by atoms with Crippen LogP contribution in [0.15, 0.2) is 106 Å². The lowest BCUT2D eigenvalue weighted by Crippen LogP contribution is -2.32. The van der Waals surface area contributed by atoms with Crippen molar-refractivity contribution in [3.05, 3.63) is 118 Å². The van der Waals surface area contributed by atoms with E-state index in [2.05, 4.69) is 20.6 Å². The molecule has 2 aliphatic heterocycles. The molecule has 50 heavy (non-hydrogen) atoms. The van der Waals surface area contributed by atoms with Gasteiger partial charge >= 0.3 is 0 Å². The van der Waals surface area contributed by atoms with Gasteiger partial charge in [0.1, 0.15) is 12.1 Å². The number of nitrogens with zero attached hydrogens (tertiary/aromatic N) is 8. The zero-order valence-electron chi connectivity index (χ0n) is 27.0. The van der Waals surface area contributed by atoms with Crippen LogP contribution in [0.1, 0.15) is 73.1 Å². The van der Waals surface area contributed by atoms with Crippen molar-refractivity contribution in [2.75, 3.05) is 10.6 Å². The first-order valence-corrected chi connectivity index (χ1v) is 18.7. The van der Waals surface area contributed by atoms with Crippen LogP contribution in [0.25, 0.3) is 0 Å². The Kier molecular flexibility index (Phi) is 8.04. The molecular formula is C36H32N10O2S2. The molecule has 0 saturated carbocycles. The van der Waals surface area contributed by atoms with E-state index in [1.807, 2.05) is 70.0 Å². The first kappa shape index (κ1) is 30.9. The zero-order chi connectivity index (χ0) is 33.6. The Bertz CT molecular complexity index is 2020. The van der Waals surface area contributed by atoms with Crippen molar-refractivity contribution in [3.63, 3.8) is 0 Å². The molecule has 4 aromatic heterocycles. The summed E-state index contributed by atoms with van der Waals surface area (Å²) in [6.07, 6.45) is 7.73. The first-order chi connectivity index (χ1) is 24.6. The lowest BCUT2D eigenvalue weighted by Gasteiger charge is -2.33. The number of pyridine rings is 2. The Morgan fingerprint density at radius 3 is 1.50 bits per heavy atom. The molecule has 6 heterocycles. The maximum absolute atomic E-state index is 13.5. The van der Waals surface area contributed by atoms with E-state index >= 15 is 0 Å². The van der Waals surface area contributed by atoms with E-state index in [4.69, 9.17) is 20.2 Å². The molecule has 0 bridgehead atoms. The summed E-state index contributed by atoms with van der Waals surface area (Å²) in [4.78, 5) is 45.5. The molecule has 2 unspecified atom stereocenters. The molecule has 2 atom stereocenters. The van der Waals surface area contributed by atoms with Gasteiger partial charge in [-0.1, -0.05) is 59.9 Å². The van der Waals surface area contributed by atoms with Gasteiger partial charge in [-0.2, -0.15) is 9.97 Å². The lowest BCUT2D eigenvalue weighted by molar-refractivity contribution is -0.117. The molecule has 2 aliphatic carbocycles. The molecule has 0 spiro atoms. The number of carbonyl (C=O) groups excluding carboxylic acids is 2. The SMILES string of the molecule is O=C1CCCC2=C1C(c1ccc(C3C4=C(CCCC4=O)Nc4nc(SCc5ccccn5)nn43)cc1)n1nc(SCc3ccccn3)nc1N2. The van der Waals surface area contributed by atoms with E-state index in [1.165, 1.54) is 23.5 Å². The fourth-order valence-electron chi connectivity index (χ4n) is 7.12. The molecule has 250 valence electrons. The summed E-state index contributed by atoms with van der Waals surface area (Å²) in [5, 5.41) is 17.9. The minimum absolute atomic E-state index is 0.126. The molecule has 0 amide bonds. The predicted molar refractivity (Wildman–Crippen MR) is 189 cm³/mol. The minimum Gasteiger partial charge on any atom is -0.328 e. The van der Waals surface area contributed by atoms with Crippen LogP contribution in [0.2, 0.25) is 0 Å². The number of ketones is 2. The van der Waals surface area contributed by atoms with Gasteiger partial charge in [-0.15, -0.1) is 10.2 Å². The fraction of sp³-hybridized carbons (Fsp3) is 0.278. The van der Waals surface area contributed by atoms with Gasteiger partial charge in [0, 0.05) is 59.3 Å². The molecule has 0 radical (unpaired) electrons. The van der Waals surface area contributed by atoms with Gasteiger partial charge in [0.25, 0.3) is 0 Å². The fourth-order valence-corrected chi connectivity index (χ4v) is 8.61. The number of nitrogens with one attached hydrogen (secondary N) is 2. The van der Waals surface area contributed by atoms with Crippen molar-refractivity contribution >= 4 is 47.0 Å². The summed E-state index contributed by atoms with van der Waals surface area (Å²) >= 11 is 3.03. The standard InChI is InChI=1S/C36H32N10O2S2/c47-27-11-5-9-25-29(27)31(45-33(39-25)41-35(43-45)49-19-23-7-1-3-17-37-23)21-13-15-22(16-14-21)32-30-26(10-6-12-28(30)48)40-34-42-36(44-46(32)34)50-20-24-8-2-4-18-38-24/h1-4,7-8,13-18,31-32H,5-6,9-12,19-20H2,(H,39,41,43)(H,40,42,44). The highest BCUT2D eigenvalue weighted by Gasteiger charge is 2.39. The molecule has 4 aliphatic rings. The van der Waals surface area contributed by atoms with Crippen LogP contribution in [-0.4, -0.2) is 51.1 Å². The number of aromatic nitrogens is 8. The number of anilines is 2. The largest absolute Gasteiger partial charge is 0.328 e. The number of carbonyl (C=O) groups is 2. The zero-order valence-corrected chi connectivity index (χ0v) is 28.6. The molecule has 1 aromatic carbocycles. The van der Waals surface area contributed by atoms with Crippen molar-refractivity contribution in [3.8, 4) is 0 Å². The predicted octanol–water partition coefficient (Wildman–Crippen LogP) is 6.29. The number of allylic oxidation sites excluding steroid dienone is 4. The molecule has 2 N–H and O–H groups in total. The quantitative estimate of drug-likeness (QED) is 0.176. The van der Waals surface area contributed by atoms with Crippen LogP contribution in [0.3, 0.4) is 0 Å². The van der Waals surface area contributed by atoms with Crippen LogP contribution >= 0.6 is 23.5 Å². The highest BCUT2D eigenvalue weighted by Crippen LogP contribution is 2.43. The van der Waals surface area contributed by atoms with E-state index < -0.39 is 12.1 Å². The molecule has 0 saturated heterocycles. The Hall–Kier alpha value is -5.08. The lowest BCUT2D eigenvalue weighted by atomic mass is 9.83. The summed E-state index contributed by atoms with van der Waals surface area (Å²) in [6.45, 7) is 0. The Balaban J connectivity index is 1.06. The molecule has 12 nitrogen and oxygen atoms in total. The van der Waals surface area contributed by atoms with Gasteiger partial charge in [-0.25, -0.2) is 9.36 Å². The third kappa shape index (κ3) is 5.71. The van der Waals surface area contributed by atoms with Crippen LogP contribution in [-0.2, 0) is 21.1 Å². The minimum atomic E-state index is -0.421. The number of rotatable bonds is 8. The Labute approximate surface area is 296 Å². The van der Waals surface area contributed by atoms with Crippen molar-refractivity contribution < 1.29 is 9.59 Å². The summed E-state index contributed by atoms with van der Waals surface area (Å²) in [5.41, 5.74) is 7.05. The van der Waals surface area contributed by atoms with E-state index in [0.29, 0.717) is 46.6 Å². The number of hydrogen-bond acceptors (Lipinski definition) is 12. The second-order valence-corrected chi connectivity index (χ2v) is 14.5. The Morgan fingerprint density at radius 1 is 0.620 bits per heavy atom. The maximum atomic E-state index is 13.5. The smallest absolute Gasteiger partial charge is 0.227 e. The maximum Gasteiger partial charge on any atom is 0.227 e. The number of hydrogen-bond donors (Lipinski definition) is 2. The number of thioether (sulfide) groups is 2.